The first kappa shape index (κ1) is 5.45. The lowest BCUT2D eigenvalue weighted by atomic mass is 10.2. The van der Waals surface area contributed by atoms with E-state index >= 15 is 0 Å². The average Bonchev–Trinajstić information content (AvgIpc) is 1.69. The van der Waals surface area contributed by atoms with E-state index in [2.05, 4.69) is 0 Å². The molecule has 0 amide bonds. The van der Waals surface area contributed by atoms with Crippen LogP contribution in [0.4, 0.5) is 0 Å². The van der Waals surface area contributed by atoms with Gasteiger partial charge in [-0.3, -0.25) is 0 Å². The summed E-state index contributed by atoms with van der Waals surface area (Å²) >= 11 is 4.92. The maximum absolute atomic E-state index is 4.92. The number of nitrogens with zero attached hydrogens (tertiary/aromatic N) is 1. The normalized spacial score (nSPS) is 25.3. The van der Waals surface area contributed by atoms with Gasteiger partial charge in [0, 0.05) is 0 Å². The van der Waals surface area contributed by atoms with E-state index in [0.29, 0.717) is 0 Å². The zero-order valence-corrected chi connectivity index (χ0v) is 5.21. The van der Waals surface area contributed by atoms with E-state index in [0.717, 1.165) is 13.1 Å². The summed E-state index contributed by atoms with van der Waals surface area (Å²) < 4.78 is 1.98. The van der Waals surface area contributed by atoms with Gasteiger partial charge in [-0.15, -0.1) is 0 Å². The summed E-state index contributed by atoms with van der Waals surface area (Å²) in [6.07, 6.45) is 4.00. The Hall–Kier alpha value is 0.310. The molecule has 42 valence electrons. The minimum atomic E-state index is 1.13. The highest BCUT2D eigenvalue weighted by atomic mass is 32.1. The Labute approximate surface area is 50.2 Å². The molecule has 1 heterocycles. The van der Waals surface area contributed by atoms with Crippen molar-refractivity contribution in [3.05, 3.63) is 0 Å². The molecule has 1 nitrogen and oxygen atoms in total. The van der Waals surface area contributed by atoms with Gasteiger partial charge in [-0.1, -0.05) is 6.42 Å². The second-order valence-electron chi connectivity index (χ2n) is 1.99. The molecule has 0 aromatic rings. The molecule has 0 atom stereocenters. The van der Waals surface area contributed by atoms with Gasteiger partial charge >= 0.3 is 0 Å². The van der Waals surface area contributed by atoms with Gasteiger partial charge < -0.3 is 17.1 Å². The van der Waals surface area contributed by atoms with Crippen LogP contribution in [0.25, 0.3) is 0 Å². The zero-order chi connectivity index (χ0) is 5.11. The molecule has 0 unspecified atom stereocenters. The van der Waals surface area contributed by atoms with E-state index in [1.807, 2.05) is 4.31 Å². The number of rotatable bonds is 0. The molecule has 1 aliphatic heterocycles. The van der Waals surface area contributed by atoms with Gasteiger partial charge in [-0.2, -0.15) is 0 Å². The van der Waals surface area contributed by atoms with Crippen LogP contribution < -0.4 is 0 Å². The van der Waals surface area contributed by atoms with Crippen molar-refractivity contribution in [1.82, 2.24) is 4.31 Å². The Bertz CT molecular complexity index is 50.0. The Kier molecular flexibility index (Phi) is 2.00. The summed E-state index contributed by atoms with van der Waals surface area (Å²) in [7, 11) is 0. The van der Waals surface area contributed by atoms with E-state index < -0.39 is 0 Å². The summed E-state index contributed by atoms with van der Waals surface area (Å²) in [5, 5.41) is 0. The summed E-state index contributed by atoms with van der Waals surface area (Å²) in [5.41, 5.74) is 0. The highest BCUT2D eigenvalue weighted by molar-refractivity contribution is 7.55. The maximum atomic E-state index is 4.92. The number of hydrogen-bond acceptors (Lipinski definition) is 2. The molecule has 0 aromatic heterocycles. The molecule has 0 aliphatic carbocycles. The summed E-state index contributed by atoms with van der Waals surface area (Å²) in [5.74, 6) is 0. The van der Waals surface area contributed by atoms with Crippen molar-refractivity contribution in [2.75, 3.05) is 13.1 Å². The lowest BCUT2D eigenvalue weighted by molar-refractivity contribution is 0.383. The molecule has 1 aliphatic rings. The molecule has 0 N–H and O–H groups in total. The second-order valence-corrected chi connectivity index (χ2v) is 2.51. The molecule has 0 aromatic carbocycles. The Morgan fingerprint density at radius 3 is 1.86 bits per heavy atom. The van der Waals surface area contributed by atoms with Crippen molar-refractivity contribution in [2.45, 2.75) is 19.3 Å². The quantitative estimate of drug-likeness (QED) is 0.433. The van der Waals surface area contributed by atoms with Crippen LogP contribution in [0.5, 0.6) is 0 Å². The molecule has 0 spiro atoms. The van der Waals surface area contributed by atoms with Crippen molar-refractivity contribution < 1.29 is 0 Å². The van der Waals surface area contributed by atoms with Gasteiger partial charge in [0.25, 0.3) is 0 Å². The SMILES string of the molecule is [S-]N1CCCCC1. The van der Waals surface area contributed by atoms with Crippen LogP contribution in [0, 0.1) is 0 Å². The fourth-order valence-electron chi connectivity index (χ4n) is 0.865. The van der Waals surface area contributed by atoms with Gasteiger partial charge in [0.2, 0.25) is 0 Å². The van der Waals surface area contributed by atoms with Crippen LogP contribution in [0.15, 0.2) is 0 Å². The third kappa shape index (κ3) is 1.70. The van der Waals surface area contributed by atoms with Crippen molar-refractivity contribution in [1.29, 1.82) is 0 Å². The Morgan fingerprint density at radius 2 is 1.57 bits per heavy atom. The Balaban J connectivity index is 2.12. The third-order valence-corrected chi connectivity index (χ3v) is 1.68. The largest absolute Gasteiger partial charge is 0.702 e. The van der Waals surface area contributed by atoms with E-state index in [4.69, 9.17) is 12.8 Å². The van der Waals surface area contributed by atoms with Crippen LogP contribution in [0.3, 0.4) is 0 Å². The first-order valence-corrected chi connectivity index (χ1v) is 3.18. The van der Waals surface area contributed by atoms with Gasteiger partial charge in [0.15, 0.2) is 0 Å². The molecule has 2 heteroatoms. The van der Waals surface area contributed by atoms with Crippen molar-refractivity contribution in [3.8, 4) is 0 Å². The van der Waals surface area contributed by atoms with Crippen molar-refractivity contribution in [3.63, 3.8) is 0 Å². The Morgan fingerprint density at radius 1 is 1.00 bits per heavy atom. The molecular weight excluding hydrogens is 106 g/mol. The fraction of sp³-hybridized carbons (Fsp3) is 1.00. The fourth-order valence-corrected chi connectivity index (χ4v) is 1.12. The summed E-state index contributed by atoms with van der Waals surface area (Å²) in [6.45, 7) is 2.27. The monoisotopic (exact) mass is 116 g/mol. The van der Waals surface area contributed by atoms with E-state index in [-0.39, 0.29) is 0 Å². The van der Waals surface area contributed by atoms with Crippen LogP contribution >= 0.6 is 0 Å². The average molecular weight is 116 g/mol. The lowest BCUT2D eigenvalue weighted by Crippen LogP contribution is -2.23. The van der Waals surface area contributed by atoms with E-state index in [1.165, 1.54) is 19.3 Å². The smallest absolute Gasteiger partial charge is 0.0240 e. The maximum Gasteiger partial charge on any atom is -0.0240 e. The third-order valence-electron chi connectivity index (χ3n) is 1.32. The molecule has 1 rings (SSSR count). The lowest BCUT2D eigenvalue weighted by Gasteiger charge is -2.32. The van der Waals surface area contributed by atoms with Crippen LogP contribution in [-0.4, -0.2) is 17.4 Å². The van der Waals surface area contributed by atoms with Gasteiger partial charge in [-0.25, -0.2) is 0 Å². The topological polar surface area (TPSA) is 3.24 Å². The number of piperidine rings is 1. The van der Waals surface area contributed by atoms with Gasteiger partial charge in [0.05, 0.1) is 0 Å². The van der Waals surface area contributed by atoms with Crippen LogP contribution in [0.2, 0.25) is 0 Å². The molecule has 0 saturated carbocycles. The molecule has 0 radical (unpaired) electrons. The van der Waals surface area contributed by atoms with Crippen molar-refractivity contribution >= 4 is 12.8 Å². The highest BCUT2D eigenvalue weighted by Gasteiger charge is 1.96. The molecular formula is C5H10NS-. The predicted octanol–water partition coefficient (Wildman–Crippen LogP) is 0.934. The molecule has 1 fully saturated rings. The highest BCUT2D eigenvalue weighted by Crippen LogP contribution is 2.05. The molecule has 1 saturated heterocycles. The molecule has 0 bridgehead atoms. The van der Waals surface area contributed by atoms with Crippen LogP contribution in [-0.2, 0) is 12.8 Å². The zero-order valence-electron chi connectivity index (χ0n) is 4.39. The summed E-state index contributed by atoms with van der Waals surface area (Å²) in [6, 6.07) is 0. The second kappa shape index (κ2) is 2.58. The van der Waals surface area contributed by atoms with Crippen molar-refractivity contribution in [2.24, 2.45) is 0 Å². The first-order chi connectivity index (χ1) is 3.39. The standard InChI is InChI=1S/C5H10NS/c7-6-4-2-1-3-5-6/h1-5H2/q-1. The van der Waals surface area contributed by atoms with Gasteiger partial charge in [0.1, 0.15) is 0 Å². The van der Waals surface area contributed by atoms with E-state index in [1.54, 1.807) is 0 Å². The first-order valence-electron chi connectivity index (χ1n) is 2.82. The number of hydrogen-bond donors (Lipinski definition) is 0. The predicted molar refractivity (Wildman–Crippen MR) is 32.8 cm³/mol. The van der Waals surface area contributed by atoms with Crippen LogP contribution in [0.1, 0.15) is 19.3 Å². The van der Waals surface area contributed by atoms with Gasteiger partial charge in [-0.05, 0) is 25.9 Å². The molecule has 7 heavy (non-hydrogen) atoms. The summed E-state index contributed by atoms with van der Waals surface area (Å²) in [4.78, 5) is 0. The minimum Gasteiger partial charge on any atom is -0.702 e. The van der Waals surface area contributed by atoms with E-state index in [9.17, 15) is 0 Å². The minimum absolute atomic E-state index is 1.13.